The minimum atomic E-state index is 0.516. The van der Waals surface area contributed by atoms with Gasteiger partial charge in [-0.05, 0) is 12.1 Å². The van der Waals surface area contributed by atoms with Gasteiger partial charge < -0.3 is 10.5 Å². The Morgan fingerprint density at radius 1 is 1.33 bits per heavy atom. The maximum absolute atomic E-state index is 5.65. The number of aromatic nitrogens is 4. The molecule has 6 nitrogen and oxygen atoms in total. The molecule has 3 rings (SSSR count). The monoisotopic (exact) mass is 241 g/mol. The third kappa shape index (κ3) is 1.73. The number of hydrogen-bond acceptors (Lipinski definition) is 5. The van der Waals surface area contributed by atoms with E-state index in [2.05, 4.69) is 15.1 Å². The number of rotatable bonds is 2. The molecule has 3 aromatic rings. The highest BCUT2D eigenvalue weighted by Gasteiger charge is 2.08. The van der Waals surface area contributed by atoms with Crippen LogP contribution in [0.1, 0.15) is 0 Å². The fraction of sp³-hybridized carbons (Fsp3) is 0.0833. The Morgan fingerprint density at radius 2 is 2.22 bits per heavy atom. The van der Waals surface area contributed by atoms with Crippen molar-refractivity contribution >= 4 is 11.5 Å². The zero-order chi connectivity index (χ0) is 12.5. The summed E-state index contributed by atoms with van der Waals surface area (Å²) in [5, 5.41) is 4.33. The molecule has 6 heteroatoms. The predicted octanol–water partition coefficient (Wildman–Crippen LogP) is 1.38. The van der Waals surface area contributed by atoms with Crippen LogP contribution in [0.2, 0.25) is 0 Å². The van der Waals surface area contributed by atoms with Gasteiger partial charge in [-0.25, -0.2) is 9.50 Å². The highest BCUT2D eigenvalue weighted by molar-refractivity contribution is 5.59. The van der Waals surface area contributed by atoms with E-state index in [1.807, 2.05) is 24.3 Å². The second-order valence-corrected chi connectivity index (χ2v) is 3.80. The van der Waals surface area contributed by atoms with Gasteiger partial charge in [-0.2, -0.15) is 4.98 Å². The summed E-state index contributed by atoms with van der Waals surface area (Å²) in [6.07, 6.45) is 3.23. The molecule has 0 saturated carbocycles. The molecule has 0 fully saturated rings. The van der Waals surface area contributed by atoms with Crippen LogP contribution in [0, 0.1) is 0 Å². The van der Waals surface area contributed by atoms with Gasteiger partial charge in [-0.1, -0.05) is 12.1 Å². The number of nitrogens with zero attached hydrogens (tertiary/aromatic N) is 4. The van der Waals surface area contributed by atoms with E-state index in [0.29, 0.717) is 17.3 Å². The smallest absolute Gasteiger partial charge is 0.252 e. The fourth-order valence-electron chi connectivity index (χ4n) is 1.68. The van der Waals surface area contributed by atoms with Gasteiger partial charge in [0.1, 0.15) is 5.75 Å². The number of ether oxygens (including phenoxy) is 1. The highest BCUT2D eigenvalue weighted by Crippen LogP contribution is 2.21. The number of methoxy groups -OCH3 is 1. The van der Waals surface area contributed by atoms with Crippen molar-refractivity contribution in [1.29, 1.82) is 0 Å². The molecule has 2 aromatic heterocycles. The first kappa shape index (κ1) is 10.5. The zero-order valence-electron chi connectivity index (χ0n) is 9.74. The van der Waals surface area contributed by atoms with Gasteiger partial charge in [-0.3, -0.25) is 0 Å². The predicted molar refractivity (Wildman–Crippen MR) is 67.2 cm³/mol. The molecule has 1 aromatic carbocycles. The molecule has 90 valence electrons. The van der Waals surface area contributed by atoms with E-state index in [1.54, 1.807) is 24.0 Å². The summed E-state index contributed by atoms with van der Waals surface area (Å²) in [4.78, 5) is 8.43. The molecule has 0 unspecified atom stereocenters. The van der Waals surface area contributed by atoms with Crippen molar-refractivity contribution in [2.45, 2.75) is 0 Å². The van der Waals surface area contributed by atoms with Crippen molar-refractivity contribution in [2.75, 3.05) is 12.8 Å². The van der Waals surface area contributed by atoms with E-state index in [9.17, 15) is 0 Å². The molecule has 2 N–H and O–H groups in total. The number of fused-ring (bicyclic) bond motifs is 1. The van der Waals surface area contributed by atoms with Crippen LogP contribution in [-0.4, -0.2) is 26.7 Å². The molecule has 0 aliphatic rings. The van der Waals surface area contributed by atoms with Gasteiger partial charge in [0, 0.05) is 5.56 Å². The minimum absolute atomic E-state index is 0.516. The van der Waals surface area contributed by atoms with Crippen LogP contribution in [0.4, 0.5) is 5.69 Å². The van der Waals surface area contributed by atoms with Crippen molar-refractivity contribution in [3.8, 4) is 17.1 Å². The quantitative estimate of drug-likeness (QED) is 0.733. The van der Waals surface area contributed by atoms with E-state index in [-0.39, 0.29) is 0 Å². The van der Waals surface area contributed by atoms with Crippen LogP contribution in [0.15, 0.2) is 36.7 Å². The minimum Gasteiger partial charge on any atom is -0.497 e. The van der Waals surface area contributed by atoms with Crippen molar-refractivity contribution < 1.29 is 4.74 Å². The van der Waals surface area contributed by atoms with E-state index in [1.165, 1.54) is 0 Å². The number of nitrogens with two attached hydrogens (primary N) is 1. The molecule has 0 atom stereocenters. The van der Waals surface area contributed by atoms with Crippen molar-refractivity contribution in [2.24, 2.45) is 0 Å². The Labute approximate surface area is 103 Å². The first-order chi connectivity index (χ1) is 8.76. The summed E-state index contributed by atoms with van der Waals surface area (Å²) >= 11 is 0. The lowest BCUT2D eigenvalue weighted by Gasteiger charge is -2.00. The molecule has 0 radical (unpaired) electrons. The Bertz CT molecular complexity index is 707. The zero-order valence-corrected chi connectivity index (χ0v) is 9.74. The topological polar surface area (TPSA) is 78.3 Å². The largest absolute Gasteiger partial charge is 0.497 e. The van der Waals surface area contributed by atoms with Crippen LogP contribution in [0.25, 0.3) is 17.2 Å². The van der Waals surface area contributed by atoms with Gasteiger partial charge in [-0.15, -0.1) is 5.10 Å². The molecule has 0 amide bonds. The summed E-state index contributed by atoms with van der Waals surface area (Å²) < 4.78 is 6.73. The van der Waals surface area contributed by atoms with Crippen LogP contribution >= 0.6 is 0 Å². The van der Waals surface area contributed by atoms with Crippen LogP contribution < -0.4 is 10.5 Å². The van der Waals surface area contributed by atoms with Crippen LogP contribution in [0.5, 0.6) is 5.75 Å². The SMILES string of the molecule is COc1cccc(-c2nc3ncc(N)cn3n2)c1. The summed E-state index contributed by atoms with van der Waals surface area (Å²) in [7, 11) is 1.62. The third-order valence-corrected chi connectivity index (χ3v) is 2.54. The van der Waals surface area contributed by atoms with E-state index in [4.69, 9.17) is 10.5 Å². The van der Waals surface area contributed by atoms with Gasteiger partial charge in [0.2, 0.25) is 0 Å². The van der Waals surface area contributed by atoms with Crippen molar-refractivity contribution in [3.63, 3.8) is 0 Å². The Kier molecular flexibility index (Phi) is 2.33. The number of benzene rings is 1. The lowest BCUT2D eigenvalue weighted by atomic mass is 10.2. The maximum Gasteiger partial charge on any atom is 0.252 e. The molecular weight excluding hydrogens is 230 g/mol. The summed E-state index contributed by atoms with van der Waals surface area (Å²) in [6.45, 7) is 0. The normalized spacial score (nSPS) is 10.7. The molecular formula is C12H11N5O. The average molecular weight is 241 g/mol. The number of hydrogen-bond donors (Lipinski definition) is 1. The molecule has 0 aliphatic heterocycles. The van der Waals surface area contributed by atoms with Gasteiger partial charge in [0.15, 0.2) is 5.82 Å². The third-order valence-electron chi connectivity index (χ3n) is 2.54. The van der Waals surface area contributed by atoms with E-state index >= 15 is 0 Å². The van der Waals surface area contributed by atoms with E-state index < -0.39 is 0 Å². The van der Waals surface area contributed by atoms with Gasteiger partial charge >= 0.3 is 0 Å². The van der Waals surface area contributed by atoms with E-state index in [0.717, 1.165) is 11.3 Å². The lowest BCUT2D eigenvalue weighted by molar-refractivity contribution is 0.415. The molecule has 2 heterocycles. The van der Waals surface area contributed by atoms with Crippen LogP contribution in [-0.2, 0) is 0 Å². The summed E-state index contributed by atoms with van der Waals surface area (Å²) in [5.41, 5.74) is 7.07. The first-order valence-corrected chi connectivity index (χ1v) is 5.38. The highest BCUT2D eigenvalue weighted by atomic mass is 16.5. The second kappa shape index (κ2) is 3.99. The first-order valence-electron chi connectivity index (χ1n) is 5.38. The Hall–Kier alpha value is -2.63. The Balaban J connectivity index is 2.13. The summed E-state index contributed by atoms with van der Waals surface area (Å²) in [6, 6.07) is 7.55. The molecule has 0 spiro atoms. The van der Waals surface area contributed by atoms with Crippen LogP contribution in [0.3, 0.4) is 0 Å². The second-order valence-electron chi connectivity index (χ2n) is 3.80. The van der Waals surface area contributed by atoms with Crippen molar-refractivity contribution in [3.05, 3.63) is 36.7 Å². The Morgan fingerprint density at radius 3 is 3.06 bits per heavy atom. The average Bonchev–Trinajstić information content (AvgIpc) is 2.81. The maximum atomic E-state index is 5.65. The number of nitrogen functional groups attached to an aromatic ring is 1. The van der Waals surface area contributed by atoms with Gasteiger partial charge in [0.05, 0.1) is 25.2 Å². The molecule has 18 heavy (non-hydrogen) atoms. The summed E-state index contributed by atoms with van der Waals surface area (Å²) in [5.74, 6) is 1.87. The fourth-order valence-corrected chi connectivity index (χ4v) is 1.68. The number of anilines is 1. The molecule has 0 aliphatic carbocycles. The standard InChI is InChI=1S/C12H11N5O/c1-18-10-4-2-3-8(5-10)11-15-12-14-6-9(13)7-17(12)16-11/h2-7H,13H2,1H3. The molecule has 0 saturated heterocycles. The van der Waals surface area contributed by atoms with Gasteiger partial charge in [0.25, 0.3) is 5.78 Å². The lowest BCUT2D eigenvalue weighted by Crippen LogP contribution is -1.94. The van der Waals surface area contributed by atoms with Crippen molar-refractivity contribution in [1.82, 2.24) is 19.6 Å². The molecule has 0 bridgehead atoms.